The molecule has 1 saturated heterocycles. The van der Waals surface area contributed by atoms with E-state index in [2.05, 4.69) is 5.32 Å². The molecule has 1 aromatic rings. The van der Waals surface area contributed by atoms with Gasteiger partial charge in [0.1, 0.15) is 5.82 Å². The van der Waals surface area contributed by atoms with Crippen molar-refractivity contribution in [1.82, 2.24) is 10.2 Å². The Labute approximate surface area is 202 Å². The lowest BCUT2D eigenvalue weighted by Crippen LogP contribution is -2.54. The Bertz CT molecular complexity index is 1100. The summed E-state index contributed by atoms with van der Waals surface area (Å²) >= 11 is 0. The zero-order valence-corrected chi connectivity index (χ0v) is 19.4. The number of aryl methyl sites for hydroxylation is 1. The van der Waals surface area contributed by atoms with Crippen molar-refractivity contribution in [2.75, 3.05) is 6.54 Å². The van der Waals surface area contributed by atoms with E-state index in [0.717, 1.165) is 18.1 Å². The summed E-state index contributed by atoms with van der Waals surface area (Å²) < 4.78 is 54.3. The van der Waals surface area contributed by atoms with Crippen molar-refractivity contribution in [2.24, 2.45) is 11.8 Å². The molecule has 1 aromatic carbocycles. The van der Waals surface area contributed by atoms with Gasteiger partial charge in [-0.25, -0.2) is 4.39 Å². The predicted molar refractivity (Wildman–Crippen MR) is 125 cm³/mol. The van der Waals surface area contributed by atoms with Crippen molar-refractivity contribution in [3.05, 3.63) is 82.9 Å². The van der Waals surface area contributed by atoms with Crippen LogP contribution in [0.1, 0.15) is 48.0 Å². The van der Waals surface area contributed by atoms with Gasteiger partial charge in [-0.15, -0.1) is 0 Å². The second-order valence-electron chi connectivity index (χ2n) is 9.23. The number of nitrogens with one attached hydrogen (secondary N) is 1. The van der Waals surface area contributed by atoms with Crippen LogP contribution in [0.4, 0.5) is 17.6 Å². The molecule has 35 heavy (non-hydrogen) atoms. The van der Waals surface area contributed by atoms with Crippen LogP contribution < -0.4 is 5.32 Å². The average Bonchev–Trinajstić information content (AvgIpc) is 2.83. The van der Waals surface area contributed by atoms with Gasteiger partial charge in [0.05, 0.1) is 23.4 Å². The average molecular weight is 489 g/mol. The Morgan fingerprint density at radius 2 is 1.97 bits per heavy atom. The van der Waals surface area contributed by atoms with Gasteiger partial charge in [0.15, 0.2) is 0 Å². The molecule has 3 atom stereocenters. The molecule has 1 heterocycles. The van der Waals surface area contributed by atoms with E-state index in [0.29, 0.717) is 31.4 Å². The van der Waals surface area contributed by atoms with Crippen molar-refractivity contribution in [3.63, 3.8) is 0 Å². The molecular formula is C27H28F4N2O2. The molecule has 4 rings (SSSR count). The largest absolute Gasteiger partial charge is 0.395 e. The molecule has 0 bridgehead atoms. The third kappa shape index (κ3) is 5.41. The Balaban J connectivity index is 1.64. The number of carbonyl (C=O) groups excluding carboxylic acids is 2. The Hall–Kier alpha value is -3.16. The summed E-state index contributed by atoms with van der Waals surface area (Å²) in [5.41, 5.74) is 1.48. The summed E-state index contributed by atoms with van der Waals surface area (Å²) in [6.45, 7) is 2.03. The van der Waals surface area contributed by atoms with Gasteiger partial charge in [-0.05, 0) is 68.4 Å². The van der Waals surface area contributed by atoms with E-state index in [1.807, 2.05) is 18.2 Å². The maximum Gasteiger partial charge on any atom is 0.395 e. The molecule has 1 aliphatic heterocycles. The number of carbonyl (C=O) groups is 2. The maximum absolute atomic E-state index is 14.7. The second kappa shape index (κ2) is 10.2. The second-order valence-corrected chi connectivity index (χ2v) is 9.23. The number of likely N-dealkylation sites (tertiary alicyclic amines) is 1. The number of hydrogen-bond donors (Lipinski definition) is 1. The van der Waals surface area contributed by atoms with Crippen molar-refractivity contribution < 1.29 is 27.2 Å². The lowest BCUT2D eigenvalue weighted by atomic mass is 9.80. The third-order valence-corrected chi connectivity index (χ3v) is 6.85. The molecule has 0 saturated carbocycles. The molecule has 8 heteroatoms. The first-order chi connectivity index (χ1) is 16.7. The summed E-state index contributed by atoms with van der Waals surface area (Å²) in [5, 5.41) is 2.66. The molecular weight excluding hydrogens is 460 g/mol. The lowest BCUT2D eigenvalue weighted by Gasteiger charge is -2.42. The minimum Gasteiger partial charge on any atom is -0.331 e. The van der Waals surface area contributed by atoms with Crippen LogP contribution in [0.2, 0.25) is 0 Å². The summed E-state index contributed by atoms with van der Waals surface area (Å²) in [5.74, 6) is -3.86. The zero-order chi connectivity index (χ0) is 25.2. The number of allylic oxidation sites excluding steroid dienone is 6. The molecule has 2 aliphatic carbocycles. The molecule has 1 fully saturated rings. The highest BCUT2D eigenvalue weighted by Crippen LogP contribution is 2.36. The van der Waals surface area contributed by atoms with Gasteiger partial charge in [-0.3, -0.25) is 9.59 Å². The number of rotatable bonds is 4. The van der Waals surface area contributed by atoms with Crippen molar-refractivity contribution in [1.29, 1.82) is 0 Å². The molecule has 0 aromatic heterocycles. The van der Waals surface area contributed by atoms with Gasteiger partial charge < -0.3 is 10.2 Å². The summed E-state index contributed by atoms with van der Waals surface area (Å²) in [7, 11) is 0. The summed E-state index contributed by atoms with van der Waals surface area (Å²) in [6.07, 6.45) is 7.48. The zero-order valence-electron chi connectivity index (χ0n) is 19.4. The van der Waals surface area contributed by atoms with Gasteiger partial charge in [0, 0.05) is 12.2 Å². The van der Waals surface area contributed by atoms with Crippen LogP contribution in [0.5, 0.6) is 0 Å². The topological polar surface area (TPSA) is 49.4 Å². The molecule has 0 radical (unpaired) electrons. The van der Waals surface area contributed by atoms with E-state index in [1.165, 1.54) is 18.2 Å². The van der Waals surface area contributed by atoms with E-state index >= 15 is 0 Å². The van der Waals surface area contributed by atoms with E-state index in [-0.39, 0.29) is 17.7 Å². The number of amides is 2. The number of benzene rings is 1. The van der Waals surface area contributed by atoms with Crippen LogP contribution in [0.3, 0.4) is 0 Å². The quantitative estimate of drug-likeness (QED) is 0.547. The first-order valence-electron chi connectivity index (χ1n) is 11.8. The fraction of sp³-hybridized carbons (Fsp3) is 0.407. The van der Waals surface area contributed by atoms with Crippen LogP contribution in [-0.2, 0) is 4.79 Å². The number of alkyl halides is 3. The smallest absolute Gasteiger partial charge is 0.331 e. The minimum absolute atomic E-state index is 0.0172. The highest BCUT2D eigenvalue weighted by molar-refractivity contribution is 5.97. The van der Waals surface area contributed by atoms with E-state index in [4.69, 9.17) is 0 Å². The maximum atomic E-state index is 14.7. The molecule has 1 N–H and O–H groups in total. The first kappa shape index (κ1) is 24.9. The fourth-order valence-corrected chi connectivity index (χ4v) is 5.10. The van der Waals surface area contributed by atoms with Crippen LogP contribution in [0, 0.1) is 24.6 Å². The van der Waals surface area contributed by atoms with Crippen LogP contribution >= 0.6 is 0 Å². The van der Waals surface area contributed by atoms with Crippen molar-refractivity contribution in [3.8, 4) is 0 Å². The van der Waals surface area contributed by atoms with Crippen LogP contribution in [0.15, 0.2) is 65.9 Å². The van der Waals surface area contributed by atoms with Gasteiger partial charge in [0.2, 0.25) is 5.91 Å². The Morgan fingerprint density at radius 3 is 2.66 bits per heavy atom. The van der Waals surface area contributed by atoms with Gasteiger partial charge in [-0.2, -0.15) is 13.2 Å². The molecule has 186 valence electrons. The van der Waals surface area contributed by atoms with Crippen LogP contribution in [-0.4, -0.2) is 35.5 Å². The Morgan fingerprint density at radius 1 is 1.17 bits per heavy atom. The standard InChI is InChI=1S/C27H28F4N2O2/c1-17-8-5-14-22(28)23(17)26(35)33-15-7-13-21(24(33)18-9-3-2-4-10-18)25(34)32-20-12-6-11-19(16-20)27(29,30)31/h2-3,5-6,8-9,12,14,16,19,21,24H,4,7,10-11,13,15H2,1H3,(H,32,34). The lowest BCUT2D eigenvalue weighted by molar-refractivity contribution is -0.160. The monoisotopic (exact) mass is 488 g/mol. The fourth-order valence-electron chi connectivity index (χ4n) is 5.10. The highest BCUT2D eigenvalue weighted by atomic mass is 19.4. The third-order valence-electron chi connectivity index (χ3n) is 6.85. The van der Waals surface area contributed by atoms with Crippen molar-refractivity contribution in [2.45, 2.75) is 51.2 Å². The number of hydrogen-bond acceptors (Lipinski definition) is 2. The first-order valence-corrected chi connectivity index (χ1v) is 11.8. The Kier molecular flexibility index (Phi) is 7.28. The molecule has 3 aliphatic rings. The van der Waals surface area contributed by atoms with Gasteiger partial charge >= 0.3 is 6.18 Å². The van der Waals surface area contributed by atoms with Crippen LogP contribution in [0.25, 0.3) is 0 Å². The summed E-state index contributed by atoms with van der Waals surface area (Å²) in [4.78, 5) is 28.5. The number of halogens is 4. The minimum atomic E-state index is -4.39. The molecule has 2 amide bonds. The van der Waals surface area contributed by atoms with E-state index in [1.54, 1.807) is 24.0 Å². The molecule has 4 nitrogen and oxygen atoms in total. The van der Waals surface area contributed by atoms with E-state index < -0.39 is 41.7 Å². The normalized spacial score (nSPS) is 24.6. The summed E-state index contributed by atoms with van der Waals surface area (Å²) in [6, 6.07) is 3.85. The molecule has 0 spiro atoms. The number of nitrogens with zero attached hydrogens (tertiary/aromatic N) is 1. The van der Waals surface area contributed by atoms with Gasteiger partial charge in [0.25, 0.3) is 5.91 Å². The number of piperidine rings is 1. The highest BCUT2D eigenvalue weighted by Gasteiger charge is 2.42. The van der Waals surface area contributed by atoms with E-state index in [9.17, 15) is 27.2 Å². The SMILES string of the molecule is Cc1cccc(F)c1C(=O)N1CCCC(C(=O)NC2=CC(C(F)(F)F)CC=C2)C1C1=CC=CCC1. The van der Waals surface area contributed by atoms with Gasteiger partial charge in [-0.1, -0.05) is 36.4 Å². The van der Waals surface area contributed by atoms with Crippen molar-refractivity contribution >= 4 is 11.8 Å². The molecule has 3 unspecified atom stereocenters. The predicted octanol–water partition coefficient (Wildman–Crippen LogP) is 5.77.